The van der Waals surface area contributed by atoms with E-state index in [-0.39, 0.29) is 26.6 Å². The van der Waals surface area contributed by atoms with Crippen LogP contribution in [0.1, 0.15) is 49.0 Å². The van der Waals surface area contributed by atoms with E-state index in [1.165, 1.54) is 0 Å². The van der Waals surface area contributed by atoms with Gasteiger partial charge in [0, 0.05) is 13.3 Å². The zero-order chi connectivity index (χ0) is 22.1. The van der Waals surface area contributed by atoms with Crippen LogP contribution < -0.4 is 0 Å². The van der Waals surface area contributed by atoms with Gasteiger partial charge in [0.05, 0.1) is 17.4 Å². The molecule has 2 atom stereocenters. The second-order valence-corrected chi connectivity index (χ2v) is 11.5. The van der Waals surface area contributed by atoms with Crippen molar-refractivity contribution in [3.05, 3.63) is 0 Å². The number of ether oxygens (including phenoxy) is 2. The highest BCUT2D eigenvalue weighted by Crippen LogP contribution is 2.36. The SMILES string of the molecule is C.CC(C)(C)C(=O)OCCOP(C)(=O)O.CC(C)(C)C(=O)OCOP(C)(=O)O. The van der Waals surface area contributed by atoms with Crippen molar-refractivity contribution in [3.8, 4) is 0 Å². The van der Waals surface area contributed by atoms with Gasteiger partial charge >= 0.3 is 27.1 Å². The third-order valence-corrected chi connectivity index (χ3v) is 3.60. The maximum absolute atomic E-state index is 11.2. The molecular weight excluding hydrogens is 414 g/mol. The molecule has 0 aliphatic heterocycles. The fourth-order valence-electron chi connectivity index (χ4n) is 0.952. The monoisotopic (exact) mass is 450 g/mol. The first kappa shape index (κ1) is 31.9. The van der Waals surface area contributed by atoms with Crippen molar-refractivity contribution in [1.29, 1.82) is 0 Å². The van der Waals surface area contributed by atoms with Crippen LogP contribution in [0.15, 0.2) is 0 Å². The first-order chi connectivity index (χ1) is 11.8. The highest BCUT2D eigenvalue weighted by atomic mass is 31.2. The Morgan fingerprint density at radius 2 is 1.11 bits per heavy atom. The van der Waals surface area contributed by atoms with Gasteiger partial charge in [-0.25, -0.2) is 0 Å². The highest BCUT2D eigenvalue weighted by Gasteiger charge is 2.24. The predicted octanol–water partition coefficient (Wildman–Crippen LogP) is 3.41. The van der Waals surface area contributed by atoms with Crippen molar-refractivity contribution in [3.63, 3.8) is 0 Å². The molecule has 0 rings (SSSR count). The number of hydrogen-bond acceptors (Lipinski definition) is 8. The number of hydrogen-bond donors (Lipinski definition) is 2. The van der Waals surface area contributed by atoms with E-state index in [1.807, 2.05) is 0 Å². The van der Waals surface area contributed by atoms with Gasteiger partial charge in [0.15, 0.2) is 0 Å². The van der Waals surface area contributed by atoms with Crippen molar-refractivity contribution in [2.45, 2.75) is 49.0 Å². The Morgan fingerprint density at radius 3 is 1.43 bits per heavy atom. The molecule has 2 unspecified atom stereocenters. The molecule has 0 heterocycles. The molecule has 0 spiro atoms. The Hall–Kier alpha value is -0.760. The van der Waals surface area contributed by atoms with Crippen molar-refractivity contribution >= 4 is 27.1 Å². The Bertz CT molecular complexity index is 563. The first-order valence-electron chi connectivity index (χ1n) is 8.00. The average molecular weight is 450 g/mol. The zero-order valence-electron chi connectivity index (χ0n) is 17.2. The largest absolute Gasteiger partial charge is 0.463 e. The summed E-state index contributed by atoms with van der Waals surface area (Å²) in [5.74, 6) is -0.828. The molecule has 12 heteroatoms. The van der Waals surface area contributed by atoms with E-state index < -0.39 is 38.8 Å². The molecule has 0 aromatic carbocycles. The van der Waals surface area contributed by atoms with Crippen molar-refractivity contribution in [2.75, 3.05) is 33.3 Å². The van der Waals surface area contributed by atoms with Crippen LogP contribution in [-0.4, -0.2) is 55.1 Å². The molecule has 0 bridgehead atoms. The van der Waals surface area contributed by atoms with E-state index in [0.717, 1.165) is 13.3 Å². The van der Waals surface area contributed by atoms with E-state index in [9.17, 15) is 18.7 Å². The molecule has 0 radical (unpaired) electrons. The van der Waals surface area contributed by atoms with Gasteiger partial charge in [-0.2, -0.15) is 0 Å². The summed E-state index contributed by atoms with van der Waals surface area (Å²) in [7, 11) is -7.01. The van der Waals surface area contributed by atoms with Gasteiger partial charge in [0.1, 0.15) is 6.61 Å². The summed E-state index contributed by atoms with van der Waals surface area (Å²) in [5, 5.41) is 0. The molecule has 170 valence electrons. The summed E-state index contributed by atoms with van der Waals surface area (Å²) >= 11 is 0. The third kappa shape index (κ3) is 21.5. The summed E-state index contributed by atoms with van der Waals surface area (Å²) in [6.45, 7) is 11.8. The van der Waals surface area contributed by atoms with Gasteiger partial charge < -0.3 is 23.8 Å². The molecule has 0 saturated heterocycles. The van der Waals surface area contributed by atoms with Gasteiger partial charge in [-0.1, -0.05) is 7.43 Å². The second kappa shape index (κ2) is 12.7. The predicted molar refractivity (Wildman–Crippen MR) is 106 cm³/mol. The van der Waals surface area contributed by atoms with E-state index >= 15 is 0 Å². The normalized spacial score (nSPS) is 15.6. The molecule has 0 amide bonds. The molecule has 0 fully saturated rings. The second-order valence-electron chi connectivity index (χ2n) is 7.75. The Morgan fingerprint density at radius 1 is 0.750 bits per heavy atom. The van der Waals surface area contributed by atoms with E-state index in [0.29, 0.717) is 0 Å². The molecule has 0 aliphatic rings. The minimum absolute atomic E-state index is 0. The lowest BCUT2D eigenvalue weighted by atomic mass is 9.97. The standard InChI is InChI=1S/C8H17O5P.C7H15O5P.CH4/c1-8(2,3)7(9)12-5-6-13-14(4,10)11;1-7(2,3)6(8)11-5-12-13(4,9)10;/h5-6H2,1-4H3,(H,10,11);5H2,1-4H3,(H,9,10);1H4. The minimum Gasteiger partial charge on any atom is -0.463 e. The van der Waals surface area contributed by atoms with Crippen LogP contribution in [-0.2, 0) is 37.2 Å². The van der Waals surface area contributed by atoms with Crippen molar-refractivity contribution < 1.29 is 47.0 Å². The number of esters is 2. The molecule has 0 aromatic heterocycles. The van der Waals surface area contributed by atoms with E-state index in [4.69, 9.17) is 14.5 Å². The quantitative estimate of drug-likeness (QED) is 0.256. The van der Waals surface area contributed by atoms with Gasteiger partial charge in [-0.15, -0.1) is 0 Å². The molecule has 28 heavy (non-hydrogen) atoms. The van der Waals surface area contributed by atoms with Gasteiger partial charge in [0.25, 0.3) is 0 Å². The Kier molecular flexibility index (Phi) is 14.5. The van der Waals surface area contributed by atoms with E-state index in [1.54, 1.807) is 41.5 Å². The van der Waals surface area contributed by atoms with Crippen LogP contribution in [0.3, 0.4) is 0 Å². The fourth-order valence-corrected chi connectivity index (χ4v) is 1.61. The van der Waals surface area contributed by atoms with Crippen molar-refractivity contribution in [2.24, 2.45) is 10.8 Å². The molecule has 2 N–H and O–H groups in total. The summed E-state index contributed by atoms with van der Waals surface area (Å²) in [5.41, 5.74) is -1.19. The lowest BCUT2D eigenvalue weighted by Gasteiger charge is -2.16. The van der Waals surface area contributed by atoms with Crippen LogP contribution in [0.25, 0.3) is 0 Å². The summed E-state index contributed by atoms with van der Waals surface area (Å²) in [6, 6.07) is 0. The van der Waals surface area contributed by atoms with Crippen LogP contribution in [0.4, 0.5) is 0 Å². The molecule has 0 aromatic rings. The average Bonchev–Trinajstić information content (AvgIpc) is 2.39. The fraction of sp³-hybridized carbons (Fsp3) is 0.875. The highest BCUT2D eigenvalue weighted by molar-refractivity contribution is 7.52. The maximum atomic E-state index is 11.2. The van der Waals surface area contributed by atoms with Gasteiger partial charge in [0.2, 0.25) is 6.79 Å². The lowest BCUT2D eigenvalue weighted by molar-refractivity contribution is -0.159. The number of carbonyl (C=O) groups is 2. The van der Waals surface area contributed by atoms with Gasteiger partial charge in [-0.3, -0.25) is 23.2 Å². The zero-order valence-corrected chi connectivity index (χ0v) is 19.0. The number of rotatable bonds is 7. The molecule has 0 aliphatic carbocycles. The van der Waals surface area contributed by atoms with Crippen LogP contribution in [0.2, 0.25) is 0 Å². The summed E-state index contributed by atoms with van der Waals surface area (Å²) in [6.07, 6.45) is 0. The first-order valence-corrected chi connectivity index (χ1v) is 12.0. The Balaban J connectivity index is -0.000000432. The van der Waals surface area contributed by atoms with Crippen LogP contribution in [0.5, 0.6) is 0 Å². The Labute approximate surface area is 168 Å². The molecule has 0 saturated carbocycles. The third-order valence-electron chi connectivity index (χ3n) is 2.35. The molecular formula is C16H36O10P2. The minimum atomic E-state index is -3.55. The van der Waals surface area contributed by atoms with Crippen molar-refractivity contribution in [1.82, 2.24) is 0 Å². The lowest BCUT2D eigenvalue weighted by Crippen LogP contribution is -2.24. The van der Waals surface area contributed by atoms with E-state index in [2.05, 4.69) is 13.8 Å². The topological polar surface area (TPSA) is 146 Å². The number of carbonyl (C=O) groups excluding carboxylic acids is 2. The maximum Gasteiger partial charge on any atom is 0.327 e. The molecule has 10 nitrogen and oxygen atoms in total. The van der Waals surface area contributed by atoms with Gasteiger partial charge in [-0.05, 0) is 41.5 Å². The summed E-state index contributed by atoms with van der Waals surface area (Å²) < 4.78 is 39.5. The summed E-state index contributed by atoms with van der Waals surface area (Å²) in [4.78, 5) is 39.7. The smallest absolute Gasteiger partial charge is 0.327 e. The van der Waals surface area contributed by atoms with Crippen LogP contribution in [0, 0.1) is 10.8 Å². The van der Waals surface area contributed by atoms with Crippen LogP contribution >= 0.6 is 15.2 Å².